The lowest BCUT2D eigenvalue weighted by Crippen LogP contribution is -2.33. The molecule has 0 saturated carbocycles. The van der Waals surface area contributed by atoms with E-state index < -0.39 is 0 Å². The predicted molar refractivity (Wildman–Crippen MR) is 196 cm³/mol. The van der Waals surface area contributed by atoms with Gasteiger partial charge in [0.2, 0.25) is 0 Å². The summed E-state index contributed by atoms with van der Waals surface area (Å²) in [6, 6.07) is 26.0. The van der Waals surface area contributed by atoms with Crippen molar-refractivity contribution >= 4 is 56.3 Å². The molecule has 0 radical (unpaired) electrons. The van der Waals surface area contributed by atoms with Crippen LogP contribution in [0.2, 0.25) is 10.0 Å². The number of halogens is 2. The monoisotopic (exact) mass is 679 g/mol. The largest absolute Gasteiger partial charge is 0.494 e. The van der Waals surface area contributed by atoms with Gasteiger partial charge in [0.15, 0.2) is 5.78 Å². The Hall–Kier alpha value is -4.10. The number of anilines is 1. The lowest BCUT2D eigenvalue weighted by atomic mass is 9.69. The number of carbonyl (C=O) groups is 1. The minimum atomic E-state index is -0.238. The molecule has 1 unspecified atom stereocenters. The second-order valence-corrected chi connectivity index (χ2v) is 14.3. The number of ketones is 1. The van der Waals surface area contributed by atoms with Crippen molar-refractivity contribution in [2.45, 2.75) is 45.4 Å². The molecule has 6 nitrogen and oxygen atoms in total. The molecule has 1 aromatic heterocycles. The smallest absolute Gasteiger partial charge is 0.163 e. The van der Waals surface area contributed by atoms with Crippen molar-refractivity contribution in [2.24, 2.45) is 5.41 Å². The lowest BCUT2D eigenvalue weighted by molar-refractivity contribution is -0.118. The first-order valence-corrected chi connectivity index (χ1v) is 17.4. The number of ether oxygens (including phenoxy) is 2. The zero-order chi connectivity index (χ0) is 33.3. The van der Waals surface area contributed by atoms with E-state index in [-0.39, 0.29) is 17.1 Å². The predicted octanol–water partition coefficient (Wildman–Crippen LogP) is 9.72. The number of nitrogens with zero attached hydrogens (tertiary/aromatic N) is 1. The van der Waals surface area contributed by atoms with Gasteiger partial charge >= 0.3 is 0 Å². The summed E-state index contributed by atoms with van der Waals surface area (Å²) < 4.78 is 12.8. The fraction of sp³-hybridized carbons (Fsp3) is 0.300. The number of fused-ring (bicyclic) bond motifs is 4. The van der Waals surface area contributed by atoms with Gasteiger partial charge < -0.3 is 20.1 Å². The summed E-state index contributed by atoms with van der Waals surface area (Å²) in [7, 11) is 0. The van der Waals surface area contributed by atoms with Gasteiger partial charge in [0, 0.05) is 63.8 Å². The van der Waals surface area contributed by atoms with Crippen molar-refractivity contribution in [2.75, 3.05) is 31.6 Å². The Labute approximate surface area is 291 Å². The van der Waals surface area contributed by atoms with E-state index in [1.54, 1.807) is 6.20 Å². The van der Waals surface area contributed by atoms with Gasteiger partial charge in [-0.05, 0) is 102 Å². The third-order valence-corrected chi connectivity index (χ3v) is 9.69. The number of nitrogens with one attached hydrogen (secondary N) is 2. The first-order chi connectivity index (χ1) is 23.3. The van der Waals surface area contributed by atoms with Crippen LogP contribution in [0.1, 0.15) is 56.6 Å². The highest BCUT2D eigenvalue weighted by atomic mass is 35.5. The zero-order valence-corrected chi connectivity index (χ0v) is 28.8. The molecule has 2 aliphatic rings. The molecular weight excluding hydrogens is 641 g/mol. The zero-order valence-electron chi connectivity index (χ0n) is 27.2. The number of Topliss-reactive ketones (excluding diaryl/α,β-unsaturated/α-hetero) is 1. The molecule has 1 atom stereocenters. The van der Waals surface area contributed by atoms with Crippen LogP contribution in [-0.2, 0) is 4.79 Å². The number of aromatic nitrogens is 1. The Morgan fingerprint density at radius 1 is 0.875 bits per heavy atom. The summed E-state index contributed by atoms with van der Waals surface area (Å²) in [5, 5.41) is 11.6. The average molecular weight is 681 g/mol. The minimum absolute atomic E-state index is 0.146. The Morgan fingerprint density at radius 3 is 2.52 bits per heavy atom. The van der Waals surface area contributed by atoms with E-state index in [9.17, 15) is 4.79 Å². The van der Waals surface area contributed by atoms with Crippen molar-refractivity contribution < 1.29 is 14.3 Å². The van der Waals surface area contributed by atoms with Crippen molar-refractivity contribution in [3.05, 3.63) is 118 Å². The molecule has 8 heteroatoms. The lowest BCUT2D eigenvalue weighted by Gasteiger charge is -2.38. The van der Waals surface area contributed by atoms with Crippen LogP contribution in [0.5, 0.6) is 11.5 Å². The second-order valence-electron chi connectivity index (χ2n) is 13.5. The van der Waals surface area contributed by atoms with Gasteiger partial charge in [0.05, 0.1) is 12.1 Å². The van der Waals surface area contributed by atoms with Gasteiger partial charge in [-0.15, -0.1) is 0 Å². The Balaban J connectivity index is 0.989. The number of hydrogen-bond acceptors (Lipinski definition) is 6. The summed E-state index contributed by atoms with van der Waals surface area (Å²) in [6.45, 7) is 7.48. The average Bonchev–Trinajstić information content (AvgIpc) is 3.06. The van der Waals surface area contributed by atoms with Gasteiger partial charge in [-0.3, -0.25) is 9.78 Å². The van der Waals surface area contributed by atoms with Crippen LogP contribution >= 0.6 is 23.2 Å². The number of rotatable bonds is 11. The fourth-order valence-corrected chi connectivity index (χ4v) is 7.25. The fourth-order valence-electron chi connectivity index (χ4n) is 6.96. The SMILES string of the molecule is CC1(C)CC(=O)C2=C(C1)Oc1ccc3ccc(OCCCNCCCNc4ccnc5cc(Cl)ccc45)cc3c1C2c1ccc(Cl)cc1. The summed E-state index contributed by atoms with van der Waals surface area (Å²) in [6.07, 6.45) is 4.89. The number of hydrogen-bond donors (Lipinski definition) is 2. The van der Waals surface area contributed by atoms with Gasteiger partial charge in [0.25, 0.3) is 0 Å². The summed E-state index contributed by atoms with van der Waals surface area (Å²) in [5.74, 6) is 2.30. The van der Waals surface area contributed by atoms with Crippen molar-refractivity contribution in [1.82, 2.24) is 10.3 Å². The maximum absolute atomic E-state index is 13.7. The molecular formula is C40H39Cl2N3O3. The van der Waals surface area contributed by atoms with E-state index in [2.05, 4.69) is 47.7 Å². The highest BCUT2D eigenvalue weighted by Gasteiger charge is 2.42. The molecule has 5 aromatic rings. The Bertz CT molecular complexity index is 2020. The Kier molecular flexibility index (Phi) is 9.32. The normalized spacial score (nSPS) is 16.8. The summed E-state index contributed by atoms with van der Waals surface area (Å²) in [4.78, 5) is 18.1. The van der Waals surface area contributed by atoms with Crippen molar-refractivity contribution in [3.8, 4) is 11.5 Å². The quantitative estimate of drug-likeness (QED) is 0.135. The van der Waals surface area contributed by atoms with Crippen LogP contribution < -0.4 is 20.1 Å². The van der Waals surface area contributed by atoms with Crippen LogP contribution in [0.25, 0.3) is 21.7 Å². The molecule has 0 saturated heterocycles. The highest BCUT2D eigenvalue weighted by molar-refractivity contribution is 6.31. The van der Waals surface area contributed by atoms with E-state index in [0.29, 0.717) is 23.1 Å². The maximum atomic E-state index is 13.7. The van der Waals surface area contributed by atoms with Crippen LogP contribution in [0.3, 0.4) is 0 Å². The molecule has 0 amide bonds. The van der Waals surface area contributed by atoms with Crippen LogP contribution in [0.4, 0.5) is 5.69 Å². The highest BCUT2D eigenvalue weighted by Crippen LogP contribution is 2.52. The molecule has 2 heterocycles. The third-order valence-electron chi connectivity index (χ3n) is 9.20. The van der Waals surface area contributed by atoms with E-state index in [4.69, 9.17) is 32.7 Å². The van der Waals surface area contributed by atoms with Crippen molar-refractivity contribution in [1.29, 1.82) is 0 Å². The maximum Gasteiger partial charge on any atom is 0.163 e. The molecule has 1 aliphatic carbocycles. The molecule has 1 aliphatic heterocycles. The molecule has 0 fully saturated rings. The van der Waals surface area contributed by atoms with Crippen molar-refractivity contribution in [3.63, 3.8) is 0 Å². The minimum Gasteiger partial charge on any atom is -0.494 e. The summed E-state index contributed by atoms with van der Waals surface area (Å²) >= 11 is 12.4. The molecule has 4 aromatic carbocycles. The molecule has 246 valence electrons. The van der Waals surface area contributed by atoms with E-state index in [1.807, 2.05) is 60.7 Å². The molecule has 7 rings (SSSR count). The van der Waals surface area contributed by atoms with Gasteiger partial charge in [-0.1, -0.05) is 61.3 Å². The van der Waals surface area contributed by atoms with E-state index in [0.717, 1.165) is 100 Å². The van der Waals surface area contributed by atoms with E-state index >= 15 is 0 Å². The molecule has 48 heavy (non-hydrogen) atoms. The van der Waals surface area contributed by atoms with Crippen LogP contribution in [0.15, 0.2) is 96.4 Å². The topological polar surface area (TPSA) is 72.5 Å². The molecule has 2 N–H and O–H groups in total. The molecule has 0 bridgehead atoms. The first kappa shape index (κ1) is 32.4. The van der Waals surface area contributed by atoms with Gasteiger partial charge in [-0.25, -0.2) is 0 Å². The van der Waals surface area contributed by atoms with Crippen LogP contribution in [-0.4, -0.2) is 37.0 Å². The third kappa shape index (κ3) is 6.88. The summed E-state index contributed by atoms with van der Waals surface area (Å²) in [5.41, 5.74) is 4.62. The van der Waals surface area contributed by atoms with Gasteiger partial charge in [-0.2, -0.15) is 0 Å². The second kappa shape index (κ2) is 13.8. The Morgan fingerprint density at radius 2 is 1.67 bits per heavy atom. The first-order valence-electron chi connectivity index (χ1n) is 16.6. The van der Waals surface area contributed by atoms with Gasteiger partial charge in [0.1, 0.15) is 17.3 Å². The van der Waals surface area contributed by atoms with E-state index in [1.165, 1.54) is 0 Å². The van der Waals surface area contributed by atoms with Crippen LogP contribution in [0, 0.1) is 5.41 Å². The standard InChI is InChI=1S/C40H39Cl2N3O3/c1-40(2)23-34(46)39-36(24-40)48-35-14-8-25-7-12-29(22-31(25)38(35)37(39)26-5-9-27(41)10-6-26)47-20-4-17-43-16-3-18-44-32-15-19-45-33-21-28(42)11-13-30(32)33/h5-15,19,21-22,37,43H,3-4,16-18,20,23-24H2,1-2H3,(H,44,45). The number of carbonyl (C=O) groups excluding carboxylic acids is 1. The number of pyridine rings is 1. The molecule has 0 spiro atoms. The number of allylic oxidation sites excluding steroid dienone is 2. The number of benzene rings is 4.